The van der Waals surface area contributed by atoms with Gasteiger partial charge in [0, 0.05) is 37.3 Å². The van der Waals surface area contributed by atoms with Crippen molar-refractivity contribution in [1.82, 2.24) is 10.1 Å². The molecule has 0 spiro atoms. The Morgan fingerprint density at radius 2 is 2.09 bits per heavy atom. The van der Waals surface area contributed by atoms with Gasteiger partial charge >= 0.3 is 0 Å². The van der Waals surface area contributed by atoms with Crippen molar-refractivity contribution in [3.63, 3.8) is 0 Å². The molecule has 1 N–H and O–H groups in total. The number of hydrogen-bond donors (Lipinski definition) is 1. The van der Waals surface area contributed by atoms with Crippen LogP contribution in [0.5, 0.6) is 0 Å². The molecule has 7 heteroatoms. The summed E-state index contributed by atoms with van der Waals surface area (Å²) in [6.45, 7) is 2.62. The van der Waals surface area contributed by atoms with E-state index < -0.39 is 5.92 Å². The molecule has 0 amide bonds. The summed E-state index contributed by atoms with van der Waals surface area (Å²) >= 11 is 0. The van der Waals surface area contributed by atoms with Gasteiger partial charge in [-0.15, -0.1) is 0 Å². The molecular weight excluding hydrogens is 304 g/mol. The second kappa shape index (κ2) is 6.62. The Balaban J connectivity index is 1.61. The highest BCUT2D eigenvalue weighted by molar-refractivity contribution is 5.46. The summed E-state index contributed by atoms with van der Waals surface area (Å²) in [4.78, 5) is 4.38. The van der Waals surface area contributed by atoms with Crippen LogP contribution < -0.4 is 5.32 Å². The zero-order chi connectivity index (χ0) is 16.3. The van der Waals surface area contributed by atoms with Gasteiger partial charge in [0.25, 0.3) is 5.92 Å². The Labute approximate surface area is 133 Å². The van der Waals surface area contributed by atoms with Crippen LogP contribution >= 0.6 is 0 Å². The molecule has 1 aliphatic rings. The fourth-order valence-corrected chi connectivity index (χ4v) is 2.53. The first-order valence-electron chi connectivity index (χ1n) is 7.65. The lowest BCUT2D eigenvalue weighted by Crippen LogP contribution is -2.14. The van der Waals surface area contributed by atoms with Gasteiger partial charge in [-0.2, -0.15) is 4.98 Å². The third kappa shape index (κ3) is 4.04. The summed E-state index contributed by atoms with van der Waals surface area (Å²) < 4.78 is 37.3. The number of benzene rings is 1. The lowest BCUT2D eigenvalue weighted by atomic mass is 10.0. The first-order valence-corrected chi connectivity index (χ1v) is 7.65. The van der Waals surface area contributed by atoms with Gasteiger partial charge in [0.05, 0.1) is 6.54 Å². The fourth-order valence-electron chi connectivity index (χ4n) is 2.53. The van der Waals surface area contributed by atoms with E-state index in [1.54, 1.807) is 12.1 Å². The number of rotatable bonds is 5. The van der Waals surface area contributed by atoms with Gasteiger partial charge in [-0.05, 0) is 25.0 Å². The Morgan fingerprint density at radius 1 is 1.30 bits per heavy atom. The highest BCUT2D eigenvalue weighted by Crippen LogP contribution is 2.29. The van der Waals surface area contributed by atoms with E-state index in [1.165, 1.54) is 12.1 Å². The molecule has 0 aliphatic carbocycles. The van der Waals surface area contributed by atoms with Crippen LogP contribution in [-0.4, -0.2) is 23.4 Å². The monoisotopic (exact) mass is 323 g/mol. The van der Waals surface area contributed by atoms with Crippen molar-refractivity contribution in [1.29, 1.82) is 0 Å². The molecule has 1 aromatic carbocycles. The van der Waals surface area contributed by atoms with Crippen molar-refractivity contribution >= 4 is 5.69 Å². The van der Waals surface area contributed by atoms with Crippen LogP contribution in [0.2, 0.25) is 0 Å². The van der Waals surface area contributed by atoms with Crippen molar-refractivity contribution in [2.24, 2.45) is 0 Å². The van der Waals surface area contributed by atoms with Gasteiger partial charge in [-0.25, -0.2) is 8.78 Å². The van der Waals surface area contributed by atoms with E-state index in [2.05, 4.69) is 15.5 Å². The molecule has 2 heterocycles. The molecular formula is C16H19F2N3O2. The fraction of sp³-hybridized carbons (Fsp3) is 0.500. The maximum atomic E-state index is 13.3. The second-order valence-electron chi connectivity index (χ2n) is 5.76. The zero-order valence-corrected chi connectivity index (χ0v) is 12.9. The van der Waals surface area contributed by atoms with Gasteiger partial charge < -0.3 is 14.6 Å². The molecule has 0 saturated carbocycles. The maximum absolute atomic E-state index is 13.3. The average Bonchev–Trinajstić information content (AvgIpc) is 3.02. The molecule has 23 heavy (non-hydrogen) atoms. The van der Waals surface area contributed by atoms with E-state index >= 15 is 0 Å². The SMILES string of the molecule is CC(F)(F)c1cccc(NCc2noc(C3CCOCC3)n2)c1. The number of halogens is 2. The molecule has 1 saturated heterocycles. The number of nitrogens with one attached hydrogen (secondary N) is 1. The van der Waals surface area contributed by atoms with Crippen LogP contribution in [0.4, 0.5) is 14.5 Å². The minimum atomic E-state index is -2.86. The van der Waals surface area contributed by atoms with Crippen molar-refractivity contribution in [3.8, 4) is 0 Å². The number of nitrogens with zero attached hydrogens (tertiary/aromatic N) is 2. The molecule has 3 rings (SSSR count). The molecule has 0 atom stereocenters. The lowest BCUT2D eigenvalue weighted by Gasteiger charge is -2.17. The first-order chi connectivity index (χ1) is 11.0. The van der Waals surface area contributed by atoms with Crippen LogP contribution in [0.25, 0.3) is 0 Å². The standard InChI is InChI=1S/C16H19F2N3O2/c1-16(17,18)12-3-2-4-13(9-12)19-10-14-20-15(23-21-14)11-5-7-22-8-6-11/h2-4,9,11,19H,5-8,10H2,1H3. The zero-order valence-electron chi connectivity index (χ0n) is 12.9. The summed E-state index contributed by atoms with van der Waals surface area (Å²) in [5.41, 5.74) is 0.569. The Morgan fingerprint density at radius 3 is 2.83 bits per heavy atom. The Hall–Kier alpha value is -2.02. The second-order valence-corrected chi connectivity index (χ2v) is 5.76. The summed E-state index contributed by atoms with van der Waals surface area (Å²) in [5.74, 6) is -1.48. The molecule has 124 valence electrons. The highest BCUT2D eigenvalue weighted by atomic mass is 19.3. The minimum absolute atomic E-state index is 0.0292. The van der Waals surface area contributed by atoms with Crippen LogP contribution in [0.15, 0.2) is 28.8 Å². The van der Waals surface area contributed by atoms with E-state index in [9.17, 15) is 8.78 Å². The largest absolute Gasteiger partial charge is 0.381 e. The van der Waals surface area contributed by atoms with Crippen LogP contribution in [0, 0.1) is 0 Å². The number of alkyl halides is 2. The van der Waals surface area contributed by atoms with Gasteiger partial charge in [0.1, 0.15) is 0 Å². The van der Waals surface area contributed by atoms with Crippen molar-refractivity contribution in [2.45, 2.75) is 38.2 Å². The first kappa shape index (κ1) is 15.9. The van der Waals surface area contributed by atoms with E-state index in [1.807, 2.05) is 0 Å². The summed E-state index contributed by atoms with van der Waals surface area (Å²) in [7, 11) is 0. The van der Waals surface area contributed by atoms with E-state index in [0.29, 0.717) is 37.2 Å². The molecule has 1 aromatic heterocycles. The average molecular weight is 323 g/mol. The number of aromatic nitrogens is 2. The van der Waals surface area contributed by atoms with Crippen molar-refractivity contribution in [2.75, 3.05) is 18.5 Å². The molecule has 1 fully saturated rings. The van der Waals surface area contributed by atoms with Crippen LogP contribution in [0.1, 0.15) is 43.0 Å². The molecule has 0 unspecified atom stereocenters. The quantitative estimate of drug-likeness (QED) is 0.909. The number of anilines is 1. The normalized spacial score (nSPS) is 16.5. The third-order valence-corrected chi connectivity index (χ3v) is 3.87. The van der Waals surface area contributed by atoms with E-state index in [-0.39, 0.29) is 11.5 Å². The predicted octanol–water partition coefficient (Wildman–Crippen LogP) is 3.69. The van der Waals surface area contributed by atoms with Crippen molar-refractivity contribution < 1.29 is 18.0 Å². The summed E-state index contributed by atoms with van der Waals surface area (Å²) in [6, 6.07) is 6.16. The van der Waals surface area contributed by atoms with Crippen molar-refractivity contribution in [3.05, 3.63) is 41.5 Å². The van der Waals surface area contributed by atoms with Crippen LogP contribution in [0.3, 0.4) is 0 Å². The Kier molecular flexibility index (Phi) is 4.56. The van der Waals surface area contributed by atoms with Crippen LogP contribution in [-0.2, 0) is 17.2 Å². The smallest absolute Gasteiger partial charge is 0.270 e. The number of ether oxygens (including phenoxy) is 1. The molecule has 5 nitrogen and oxygen atoms in total. The molecule has 1 aliphatic heterocycles. The predicted molar refractivity (Wildman–Crippen MR) is 80.4 cm³/mol. The van der Waals surface area contributed by atoms with Gasteiger partial charge in [0.15, 0.2) is 5.82 Å². The van der Waals surface area contributed by atoms with Gasteiger partial charge in [-0.3, -0.25) is 0 Å². The molecule has 2 aromatic rings. The molecule has 0 bridgehead atoms. The van der Waals surface area contributed by atoms with E-state index in [4.69, 9.17) is 9.26 Å². The highest BCUT2D eigenvalue weighted by Gasteiger charge is 2.24. The lowest BCUT2D eigenvalue weighted by molar-refractivity contribution is 0.0175. The van der Waals surface area contributed by atoms with Gasteiger partial charge in [0.2, 0.25) is 5.89 Å². The summed E-state index contributed by atoms with van der Waals surface area (Å²) in [5, 5.41) is 6.99. The summed E-state index contributed by atoms with van der Waals surface area (Å²) in [6.07, 6.45) is 1.76. The molecule has 0 radical (unpaired) electrons. The third-order valence-electron chi connectivity index (χ3n) is 3.87. The Bertz CT molecular complexity index is 649. The van der Waals surface area contributed by atoms with E-state index in [0.717, 1.165) is 19.8 Å². The maximum Gasteiger partial charge on any atom is 0.270 e. The number of hydrogen-bond acceptors (Lipinski definition) is 5. The topological polar surface area (TPSA) is 60.2 Å². The minimum Gasteiger partial charge on any atom is -0.381 e. The van der Waals surface area contributed by atoms with Gasteiger partial charge in [-0.1, -0.05) is 17.3 Å².